The maximum absolute atomic E-state index is 12.0. The zero-order chi connectivity index (χ0) is 9.90. The van der Waals surface area contributed by atoms with Crippen molar-refractivity contribution >= 4 is 6.98 Å². The van der Waals surface area contributed by atoms with E-state index in [0.717, 1.165) is 5.56 Å². The summed E-state index contributed by atoms with van der Waals surface area (Å²) in [6, 6.07) is 6.18. The van der Waals surface area contributed by atoms with Crippen LogP contribution in [0.25, 0.3) is 0 Å². The first kappa shape index (κ1) is 14.7. The molecule has 0 radical (unpaired) electrons. The Kier molecular flexibility index (Phi) is 6.60. The predicted octanol–water partition coefficient (Wildman–Crippen LogP) is -0.922. The van der Waals surface area contributed by atoms with Gasteiger partial charge in [-0.3, -0.25) is 0 Å². The van der Waals surface area contributed by atoms with Gasteiger partial charge in [0.1, 0.15) is 0 Å². The summed E-state index contributed by atoms with van der Waals surface area (Å²) >= 11 is 0. The molecule has 6 heteroatoms. The van der Waals surface area contributed by atoms with Gasteiger partial charge in [-0.05, 0) is 5.56 Å². The molecule has 1 nitrogen and oxygen atoms in total. The number of hydrogen-bond donors (Lipinski definition) is 1. The van der Waals surface area contributed by atoms with Gasteiger partial charge in [-0.25, -0.2) is 0 Å². The van der Waals surface area contributed by atoms with Gasteiger partial charge in [0.25, 0.3) is 0 Å². The van der Waals surface area contributed by atoms with Crippen molar-refractivity contribution in [1.82, 2.24) is 0 Å². The largest absolute Gasteiger partial charge is 1.00 e. The molecule has 0 saturated heterocycles. The van der Waals surface area contributed by atoms with Crippen LogP contribution in [-0.2, 0) is 12.9 Å². The number of hydrogen-bond acceptors (Lipinski definition) is 1. The minimum atomic E-state index is -4.73. The Morgan fingerprint density at radius 1 is 1.00 bits per heavy atom. The van der Waals surface area contributed by atoms with E-state index in [9.17, 15) is 12.9 Å². The quantitative estimate of drug-likeness (QED) is 0.664. The summed E-state index contributed by atoms with van der Waals surface area (Å²) in [5, 5.41) is 0. The van der Waals surface area contributed by atoms with Crippen LogP contribution in [0.15, 0.2) is 24.3 Å². The van der Waals surface area contributed by atoms with Crippen LogP contribution in [-0.4, -0.2) is 6.98 Å². The van der Waals surface area contributed by atoms with Crippen LogP contribution >= 0.6 is 0 Å². The summed E-state index contributed by atoms with van der Waals surface area (Å²) in [6.07, 6.45) is -0.815. The molecule has 0 aromatic heterocycles. The molecular formula is C8H10BF3KN. The number of rotatable bonds is 3. The van der Waals surface area contributed by atoms with Crippen molar-refractivity contribution in [3.05, 3.63) is 35.4 Å². The molecule has 2 N–H and O–H groups in total. The number of halogens is 3. The minimum absolute atomic E-state index is 0. The molecule has 1 rings (SSSR count). The van der Waals surface area contributed by atoms with Gasteiger partial charge in [-0.1, -0.05) is 36.1 Å². The van der Waals surface area contributed by atoms with Crippen molar-refractivity contribution < 1.29 is 64.3 Å². The zero-order valence-corrected chi connectivity index (χ0v) is 11.1. The van der Waals surface area contributed by atoms with Crippen molar-refractivity contribution in [1.29, 1.82) is 0 Å². The third-order valence-corrected chi connectivity index (χ3v) is 1.73. The van der Waals surface area contributed by atoms with Crippen LogP contribution in [0.1, 0.15) is 11.1 Å². The molecule has 0 bridgehead atoms. The van der Waals surface area contributed by atoms with Crippen molar-refractivity contribution in [3.63, 3.8) is 0 Å². The summed E-state index contributed by atoms with van der Waals surface area (Å²) in [6.45, 7) is -4.37. The van der Waals surface area contributed by atoms with Crippen molar-refractivity contribution in [2.45, 2.75) is 12.9 Å². The first-order valence-electron chi connectivity index (χ1n) is 4.00. The van der Waals surface area contributed by atoms with E-state index in [1.807, 2.05) is 0 Å². The van der Waals surface area contributed by atoms with E-state index in [1.54, 1.807) is 12.1 Å². The van der Waals surface area contributed by atoms with E-state index in [1.165, 1.54) is 12.1 Å². The van der Waals surface area contributed by atoms with E-state index in [-0.39, 0.29) is 51.4 Å². The number of benzene rings is 1. The monoisotopic (exact) mass is 227 g/mol. The van der Waals surface area contributed by atoms with Crippen molar-refractivity contribution in [2.24, 2.45) is 5.73 Å². The maximum atomic E-state index is 12.0. The van der Waals surface area contributed by atoms with E-state index >= 15 is 0 Å². The van der Waals surface area contributed by atoms with Crippen LogP contribution in [0.5, 0.6) is 0 Å². The minimum Gasteiger partial charge on any atom is -0.449 e. The second-order valence-corrected chi connectivity index (χ2v) is 2.94. The summed E-state index contributed by atoms with van der Waals surface area (Å²) in [7, 11) is 0. The van der Waals surface area contributed by atoms with E-state index < -0.39 is 13.3 Å². The Bertz CT molecular complexity index is 273. The van der Waals surface area contributed by atoms with Gasteiger partial charge in [-0.15, -0.1) is 0 Å². The summed E-state index contributed by atoms with van der Waals surface area (Å²) in [4.78, 5) is 0. The maximum Gasteiger partial charge on any atom is 1.00 e. The molecule has 1 aromatic carbocycles. The van der Waals surface area contributed by atoms with Crippen LogP contribution in [0.3, 0.4) is 0 Å². The third-order valence-electron chi connectivity index (χ3n) is 1.73. The predicted molar refractivity (Wildman–Crippen MR) is 47.1 cm³/mol. The second-order valence-electron chi connectivity index (χ2n) is 2.94. The molecule has 14 heavy (non-hydrogen) atoms. The molecule has 0 aliphatic carbocycles. The molecule has 0 fully saturated rings. The fourth-order valence-electron chi connectivity index (χ4n) is 1.08. The molecular weight excluding hydrogens is 217 g/mol. The molecule has 0 saturated carbocycles. The first-order chi connectivity index (χ1) is 6.01. The first-order valence-corrected chi connectivity index (χ1v) is 4.00. The van der Waals surface area contributed by atoms with Gasteiger partial charge in [0.2, 0.25) is 0 Å². The van der Waals surface area contributed by atoms with Gasteiger partial charge in [0, 0.05) is 6.54 Å². The Hall–Kier alpha value is 0.671. The molecule has 1 aromatic rings. The van der Waals surface area contributed by atoms with Crippen molar-refractivity contribution in [2.75, 3.05) is 0 Å². The molecule has 0 amide bonds. The molecule has 0 unspecified atom stereocenters. The molecule has 72 valence electrons. The fraction of sp³-hybridized carbons (Fsp3) is 0.250. The smallest absolute Gasteiger partial charge is 0.449 e. The second kappa shape index (κ2) is 6.30. The molecule has 0 heterocycles. The van der Waals surface area contributed by atoms with Gasteiger partial charge in [-0.2, -0.15) is 0 Å². The van der Waals surface area contributed by atoms with Gasteiger partial charge in [0.05, 0.1) is 0 Å². The Morgan fingerprint density at radius 3 is 1.79 bits per heavy atom. The van der Waals surface area contributed by atoms with E-state index in [2.05, 4.69) is 0 Å². The van der Waals surface area contributed by atoms with E-state index in [4.69, 9.17) is 5.73 Å². The van der Waals surface area contributed by atoms with Gasteiger partial charge >= 0.3 is 58.4 Å². The zero-order valence-electron chi connectivity index (χ0n) is 8.01. The standard InChI is InChI=1S/C8H10BF3N.K/c10-9(11,12)5-7-1-3-8(6-13)4-2-7;/h1-4H,5-6,13H2;/q-1;+1. The fourth-order valence-corrected chi connectivity index (χ4v) is 1.08. The molecule has 0 aliphatic heterocycles. The Labute approximate surface area is 124 Å². The van der Waals surface area contributed by atoms with Gasteiger partial charge in [0.15, 0.2) is 0 Å². The Balaban J connectivity index is 0.00000169. The normalized spacial score (nSPS) is 10.9. The molecule has 0 aliphatic rings. The average molecular weight is 227 g/mol. The topological polar surface area (TPSA) is 26.0 Å². The van der Waals surface area contributed by atoms with E-state index in [0.29, 0.717) is 12.1 Å². The average Bonchev–Trinajstić information content (AvgIpc) is 2.03. The van der Waals surface area contributed by atoms with Gasteiger partial charge < -0.3 is 18.7 Å². The third kappa shape index (κ3) is 5.53. The number of nitrogens with two attached hydrogens (primary N) is 1. The summed E-state index contributed by atoms with van der Waals surface area (Å²) < 4.78 is 35.9. The SMILES string of the molecule is NCc1ccc(C[B-](F)(F)F)cc1.[K+]. The molecule has 0 spiro atoms. The van der Waals surface area contributed by atoms with Crippen LogP contribution in [0, 0.1) is 0 Å². The van der Waals surface area contributed by atoms with Crippen LogP contribution < -0.4 is 57.1 Å². The summed E-state index contributed by atoms with van der Waals surface area (Å²) in [5.41, 5.74) is 6.45. The van der Waals surface area contributed by atoms with Crippen LogP contribution in [0.2, 0.25) is 0 Å². The Morgan fingerprint density at radius 2 is 1.43 bits per heavy atom. The molecule has 0 atom stereocenters. The van der Waals surface area contributed by atoms with Crippen LogP contribution in [0.4, 0.5) is 12.9 Å². The summed E-state index contributed by atoms with van der Waals surface area (Å²) in [5.74, 6) is 0. The van der Waals surface area contributed by atoms with Crippen molar-refractivity contribution in [3.8, 4) is 0 Å².